The number of nitro benzene ring substituents is 1. The first-order valence-electron chi connectivity index (χ1n) is 9.70. The summed E-state index contributed by atoms with van der Waals surface area (Å²) >= 11 is 0. The Morgan fingerprint density at radius 3 is 2.38 bits per heavy atom. The van der Waals surface area contributed by atoms with Crippen LogP contribution in [0.3, 0.4) is 0 Å². The molecular formula is C21H16N6O7. The Labute approximate surface area is 191 Å². The largest absolute Gasteiger partial charge is 0.465 e. The first kappa shape index (κ1) is 22.3. The van der Waals surface area contributed by atoms with Gasteiger partial charge in [0.25, 0.3) is 5.69 Å². The first-order valence-corrected chi connectivity index (χ1v) is 9.70. The van der Waals surface area contributed by atoms with Crippen LogP contribution in [0.2, 0.25) is 0 Å². The van der Waals surface area contributed by atoms with E-state index in [0.29, 0.717) is 5.56 Å². The molecule has 2 aromatic carbocycles. The zero-order valence-electron chi connectivity index (χ0n) is 17.8. The van der Waals surface area contributed by atoms with Crippen molar-refractivity contribution in [2.75, 3.05) is 19.5 Å². The second-order valence-electron chi connectivity index (χ2n) is 7.01. The number of fused-ring (bicyclic) bond motifs is 1. The number of carbonyl (C=O) groups is 3. The van der Waals surface area contributed by atoms with Crippen LogP contribution in [0.5, 0.6) is 0 Å². The Hall–Kier alpha value is -4.94. The molecule has 0 amide bonds. The number of hydrogen-bond acceptors (Lipinski definition) is 11. The van der Waals surface area contributed by atoms with Crippen LogP contribution in [0, 0.1) is 10.1 Å². The second-order valence-corrected chi connectivity index (χ2v) is 7.01. The number of rotatable bonds is 6. The highest BCUT2D eigenvalue weighted by Gasteiger charge is 2.38. The van der Waals surface area contributed by atoms with Gasteiger partial charge in [-0.3, -0.25) is 14.9 Å². The highest BCUT2D eigenvalue weighted by molar-refractivity contribution is 6.15. The smallest absolute Gasteiger partial charge is 0.355 e. The van der Waals surface area contributed by atoms with Crippen LogP contribution >= 0.6 is 0 Å². The number of methoxy groups -OCH3 is 2. The lowest BCUT2D eigenvalue weighted by molar-refractivity contribution is -0.384. The van der Waals surface area contributed by atoms with E-state index in [2.05, 4.69) is 20.8 Å². The van der Waals surface area contributed by atoms with E-state index in [9.17, 15) is 24.5 Å². The van der Waals surface area contributed by atoms with E-state index in [1.165, 1.54) is 42.1 Å². The van der Waals surface area contributed by atoms with Gasteiger partial charge in [-0.15, -0.1) is 0 Å². The summed E-state index contributed by atoms with van der Waals surface area (Å²) < 4.78 is 10.8. The van der Waals surface area contributed by atoms with Gasteiger partial charge in [0, 0.05) is 17.7 Å². The van der Waals surface area contributed by atoms with Crippen LogP contribution in [0.25, 0.3) is 0 Å². The van der Waals surface area contributed by atoms with Crippen molar-refractivity contribution in [3.8, 4) is 0 Å². The number of nitrogens with one attached hydrogen (secondary N) is 1. The third-order valence-corrected chi connectivity index (χ3v) is 5.12. The zero-order valence-corrected chi connectivity index (χ0v) is 17.8. The molecule has 0 spiro atoms. The number of nitrogens with zero attached hydrogens (tertiary/aromatic N) is 5. The number of allylic oxidation sites excluding steroid dienone is 1. The number of hydrogen-bond donors (Lipinski definition) is 1. The summed E-state index contributed by atoms with van der Waals surface area (Å²) in [7, 11) is 2.39. The predicted molar refractivity (Wildman–Crippen MR) is 114 cm³/mol. The molecule has 0 saturated carbocycles. The molecular weight excluding hydrogens is 448 g/mol. The van der Waals surface area contributed by atoms with Crippen molar-refractivity contribution in [3.63, 3.8) is 0 Å². The molecule has 3 aromatic rings. The Bertz CT molecular complexity index is 1350. The fraction of sp³-hybridized carbons (Fsp3) is 0.143. The normalized spacial score (nSPS) is 14.6. The van der Waals surface area contributed by atoms with Gasteiger partial charge in [-0.05, 0) is 28.1 Å². The molecule has 1 N–H and O–H groups in total. The number of esters is 2. The first-order chi connectivity index (χ1) is 16.3. The number of ketones is 1. The molecule has 0 saturated heterocycles. The highest BCUT2D eigenvalue weighted by atomic mass is 16.6. The number of carbonyl (C=O) groups excluding carboxylic acids is 3. The minimum atomic E-state index is -1.01. The maximum atomic E-state index is 13.7. The molecule has 0 fully saturated rings. The Morgan fingerprint density at radius 1 is 1.03 bits per heavy atom. The summed E-state index contributed by atoms with van der Waals surface area (Å²) in [5, 5.41) is 25.3. The Morgan fingerprint density at radius 2 is 1.74 bits per heavy atom. The number of Topliss-reactive ketones (excluding diaryl/α,β-unsaturated/α-hetero) is 1. The monoisotopic (exact) mass is 464 g/mol. The van der Waals surface area contributed by atoms with E-state index < -0.39 is 28.7 Å². The molecule has 34 heavy (non-hydrogen) atoms. The summed E-state index contributed by atoms with van der Waals surface area (Å²) in [5.41, 5.74) is 0.0806. The molecule has 1 aliphatic rings. The number of anilines is 1. The number of ether oxygens (including phenoxy) is 2. The fourth-order valence-electron chi connectivity index (χ4n) is 3.53. The summed E-state index contributed by atoms with van der Waals surface area (Å²) in [4.78, 5) is 48.7. The third-order valence-electron chi connectivity index (χ3n) is 5.12. The molecule has 1 aromatic heterocycles. The fourth-order valence-corrected chi connectivity index (χ4v) is 3.53. The van der Waals surface area contributed by atoms with Gasteiger partial charge in [-0.2, -0.15) is 4.68 Å². The average molecular weight is 464 g/mol. The van der Waals surface area contributed by atoms with Crippen molar-refractivity contribution >= 4 is 29.4 Å². The number of nitro groups is 1. The number of aromatic nitrogens is 4. The van der Waals surface area contributed by atoms with Gasteiger partial charge in [0.15, 0.2) is 5.78 Å². The summed E-state index contributed by atoms with van der Waals surface area (Å²) in [6.45, 7) is 0. The van der Waals surface area contributed by atoms with Crippen LogP contribution < -0.4 is 5.32 Å². The van der Waals surface area contributed by atoms with E-state index >= 15 is 0 Å². The minimum absolute atomic E-state index is 0.0277. The lowest BCUT2D eigenvalue weighted by atomic mass is 9.89. The maximum absolute atomic E-state index is 13.7. The molecule has 0 bridgehead atoms. The zero-order chi connectivity index (χ0) is 24.4. The molecule has 0 aliphatic carbocycles. The third kappa shape index (κ3) is 3.85. The van der Waals surface area contributed by atoms with Gasteiger partial charge in [-0.1, -0.05) is 29.4 Å². The lowest BCUT2D eigenvalue weighted by Gasteiger charge is -2.28. The molecule has 4 rings (SSSR count). The molecule has 1 aliphatic heterocycles. The van der Waals surface area contributed by atoms with Crippen LogP contribution in [0.15, 0.2) is 59.8 Å². The molecule has 172 valence electrons. The van der Waals surface area contributed by atoms with Crippen molar-refractivity contribution in [3.05, 3.63) is 86.6 Å². The number of benzene rings is 2. The second kappa shape index (κ2) is 8.90. The van der Waals surface area contributed by atoms with E-state index in [1.807, 2.05) is 0 Å². The molecule has 1 atom stereocenters. The van der Waals surface area contributed by atoms with E-state index in [0.717, 1.165) is 13.2 Å². The van der Waals surface area contributed by atoms with E-state index in [-0.39, 0.29) is 34.0 Å². The van der Waals surface area contributed by atoms with Gasteiger partial charge in [0.05, 0.1) is 30.3 Å². The van der Waals surface area contributed by atoms with E-state index in [1.54, 1.807) is 12.1 Å². The van der Waals surface area contributed by atoms with Crippen LogP contribution in [0.1, 0.15) is 32.3 Å². The van der Waals surface area contributed by atoms with Crippen molar-refractivity contribution in [2.45, 2.75) is 6.04 Å². The molecule has 2 heterocycles. The summed E-state index contributed by atoms with van der Waals surface area (Å²) in [6.07, 6.45) is 0. The van der Waals surface area contributed by atoms with Crippen LogP contribution in [-0.4, -0.2) is 57.1 Å². The standard InChI is InChI=1S/C21H16N6O7/c1-33-19(29)12-8-6-11(7-9-12)17-15(18(28)13-4-3-5-14(10-13)27(31)32)16(20(30)34-2)22-21-23-24-25-26(17)21/h3-10,17H,1-2H3,(H,22,23,25)/t17-/m1/s1. The van der Waals surface area contributed by atoms with Crippen molar-refractivity contribution < 1.29 is 28.8 Å². The Balaban J connectivity index is 1.91. The Kier molecular flexibility index (Phi) is 5.82. The van der Waals surface area contributed by atoms with Gasteiger partial charge in [-0.25, -0.2) is 9.59 Å². The lowest BCUT2D eigenvalue weighted by Crippen LogP contribution is -2.33. The van der Waals surface area contributed by atoms with Crippen molar-refractivity contribution in [1.29, 1.82) is 0 Å². The topological polar surface area (TPSA) is 168 Å². The quantitative estimate of drug-likeness (QED) is 0.244. The number of tetrazole rings is 1. The highest BCUT2D eigenvalue weighted by Crippen LogP contribution is 2.37. The van der Waals surface area contributed by atoms with Crippen molar-refractivity contribution in [2.24, 2.45) is 0 Å². The maximum Gasteiger partial charge on any atom is 0.355 e. The molecule has 13 nitrogen and oxygen atoms in total. The molecule has 0 unspecified atom stereocenters. The average Bonchev–Trinajstić information content (AvgIpc) is 3.34. The molecule has 13 heteroatoms. The van der Waals surface area contributed by atoms with Crippen LogP contribution in [-0.2, 0) is 14.3 Å². The van der Waals surface area contributed by atoms with Gasteiger partial charge < -0.3 is 14.8 Å². The van der Waals surface area contributed by atoms with Gasteiger partial charge in [0.1, 0.15) is 11.7 Å². The summed E-state index contributed by atoms with van der Waals surface area (Å²) in [6, 6.07) is 10.2. The summed E-state index contributed by atoms with van der Waals surface area (Å²) in [5.74, 6) is -2.03. The predicted octanol–water partition coefficient (Wildman–Crippen LogP) is 1.69. The van der Waals surface area contributed by atoms with Crippen molar-refractivity contribution in [1.82, 2.24) is 20.2 Å². The van der Waals surface area contributed by atoms with Gasteiger partial charge in [0.2, 0.25) is 5.95 Å². The molecule has 0 radical (unpaired) electrons. The van der Waals surface area contributed by atoms with E-state index in [4.69, 9.17) is 9.47 Å². The van der Waals surface area contributed by atoms with Crippen LogP contribution in [0.4, 0.5) is 11.6 Å². The SMILES string of the molecule is COC(=O)C1=C(C(=O)c2cccc([N+](=O)[O-])c2)[C@@H](c2ccc(C(=O)OC)cc2)n2nnnc2N1. The van der Waals surface area contributed by atoms with Gasteiger partial charge >= 0.3 is 11.9 Å². The number of non-ortho nitro benzene ring substituents is 1. The minimum Gasteiger partial charge on any atom is -0.465 e.